The standard InChI is InChI=1S/C63H41N5/c1-4-18-42(19-5-1)45-24-14-25-46(38-45)47-26-15-27-48(39-47)49-28-16-30-51(40-49)62-64-61(44-22-8-3-9-23-44)65-63(66-62)68-58-35-13-11-33-54(58)56-37-36-55-53-32-10-12-34-57(53)67(59(55)60(56)68)52-31-17-29-50(41-52)43-20-6-2-7-21-43/h1-41H. The van der Waals surface area contributed by atoms with Crippen molar-refractivity contribution in [3.05, 3.63) is 249 Å². The molecule has 3 heterocycles. The average Bonchev–Trinajstić information content (AvgIpc) is 3.95. The Kier molecular flexibility index (Phi) is 9.43. The molecular formula is C63H41N5. The van der Waals surface area contributed by atoms with Crippen molar-refractivity contribution in [1.82, 2.24) is 24.1 Å². The normalized spacial score (nSPS) is 11.5. The van der Waals surface area contributed by atoms with Gasteiger partial charge in [0.1, 0.15) is 0 Å². The molecule has 10 aromatic carbocycles. The molecule has 0 amide bonds. The summed E-state index contributed by atoms with van der Waals surface area (Å²) in [6.45, 7) is 0. The SMILES string of the molecule is c1ccc(-c2cccc(-c3cccc(-c4cccc(-c5nc(-c6ccccc6)nc(-n6c7ccccc7c7ccc8c9ccccc9n(-c9cccc(-c%10ccccc%10)c9)c8c76)n5)c4)c3)c2)cc1. The van der Waals surface area contributed by atoms with Gasteiger partial charge in [0.15, 0.2) is 11.6 Å². The zero-order valence-electron chi connectivity index (χ0n) is 36.9. The third kappa shape index (κ3) is 6.76. The molecule has 0 atom stereocenters. The lowest BCUT2D eigenvalue weighted by Crippen LogP contribution is -2.07. The smallest absolute Gasteiger partial charge is 0.238 e. The van der Waals surface area contributed by atoms with E-state index in [4.69, 9.17) is 15.0 Å². The highest BCUT2D eigenvalue weighted by Crippen LogP contribution is 2.42. The molecule has 68 heavy (non-hydrogen) atoms. The van der Waals surface area contributed by atoms with Crippen LogP contribution in [0, 0.1) is 0 Å². The highest BCUT2D eigenvalue weighted by atomic mass is 15.2. The van der Waals surface area contributed by atoms with Crippen LogP contribution < -0.4 is 0 Å². The monoisotopic (exact) mass is 867 g/mol. The maximum Gasteiger partial charge on any atom is 0.238 e. The summed E-state index contributed by atoms with van der Waals surface area (Å²) in [5, 5.41) is 4.58. The predicted molar refractivity (Wildman–Crippen MR) is 281 cm³/mol. The molecule has 0 N–H and O–H groups in total. The van der Waals surface area contributed by atoms with Crippen molar-refractivity contribution in [2.75, 3.05) is 0 Å². The molecule has 13 aromatic rings. The van der Waals surface area contributed by atoms with Gasteiger partial charge in [-0.05, 0) is 87.0 Å². The highest BCUT2D eigenvalue weighted by molar-refractivity contribution is 6.23. The van der Waals surface area contributed by atoms with E-state index in [1.54, 1.807) is 0 Å². The maximum atomic E-state index is 5.46. The molecule has 13 rings (SSSR count). The third-order valence-corrected chi connectivity index (χ3v) is 13.2. The van der Waals surface area contributed by atoms with E-state index in [1.807, 2.05) is 18.2 Å². The van der Waals surface area contributed by atoms with E-state index >= 15 is 0 Å². The Labute approximate surface area is 393 Å². The fourth-order valence-corrected chi connectivity index (χ4v) is 9.97. The summed E-state index contributed by atoms with van der Waals surface area (Å²) in [7, 11) is 0. The van der Waals surface area contributed by atoms with E-state index in [-0.39, 0.29) is 0 Å². The van der Waals surface area contributed by atoms with Crippen molar-refractivity contribution < 1.29 is 0 Å². The van der Waals surface area contributed by atoms with E-state index in [1.165, 1.54) is 27.6 Å². The first-order valence-corrected chi connectivity index (χ1v) is 23.0. The van der Waals surface area contributed by atoms with Crippen LogP contribution in [0.5, 0.6) is 0 Å². The summed E-state index contributed by atoms with van der Waals surface area (Å²) in [5.41, 5.74) is 16.4. The van der Waals surface area contributed by atoms with Gasteiger partial charge in [0, 0.05) is 38.4 Å². The molecule has 0 saturated heterocycles. The van der Waals surface area contributed by atoms with Crippen LogP contribution in [0.2, 0.25) is 0 Å². The van der Waals surface area contributed by atoms with Gasteiger partial charge in [0.2, 0.25) is 5.95 Å². The minimum atomic E-state index is 0.549. The van der Waals surface area contributed by atoms with E-state index in [2.05, 4.69) is 240 Å². The minimum absolute atomic E-state index is 0.549. The summed E-state index contributed by atoms with van der Waals surface area (Å²) in [6.07, 6.45) is 0. The maximum absolute atomic E-state index is 5.46. The quantitative estimate of drug-likeness (QED) is 0.153. The van der Waals surface area contributed by atoms with Crippen molar-refractivity contribution in [3.8, 4) is 78.9 Å². The van der Waals surface area contributed by atoms with Gasteiger partial charge in [-0.2, -0.15) is 9.97 Å². The molecule has 5 heteroatoms. The Balaban J connectivity index is 1.02. The lowest BCUT2D eigenvalue weighted by Gasteiger charge is -2.14. The van der Waals surface area contributed by atoms with Crippen molar-refractivity contribution in [2.45, 2.75) is 0 Å². The van der Waals surface area contributed by atoms with E-state index < -0.39 is 0 Å². The molecule has 318 valence electrons. The van der Waals surface area contributed by atoms with E-state index in [9.17, 15) is 0 Å². The van der Waals surface area contributed by atoms with Gasteiger partial charge >= 0.3 is 0 Å². The average molecular weight is 868 g/mol. The third-order valence-electron chi connectivity index (χ3n) is 13.2. The summed E-state index contributed by atoms with van der Waals surface area (Å²) in [5.74, 6) is 1.75. The second-order valence-corrected chi connectivity index (χ2v) is 17.2. The van der Waals surface area contributed by atoms with Crippen LogP contribution in [0.3, 0.4) is 0 Å². The largest absolute Gasteiger partial charge is 0.307 e. The number of aromatic nitrogens is 5. The second kappa shape index (κ2) is 16.4. The lowest BCUT2D eigenvalue weighted by molar-refractivity contribution is 0.953. The number of nitrogens with zero attached hydrogens (tertiary/aromatic N) is 5. The van der Waals surface area contributed by atoms with Crippen LogP contribution in [-0.2, 0) is 0 Å². The van der Waals surface area contributed by atoms with Crippen LogP contribution in [-0.4, -0.2) is 24.1 Å². The van der Waals surface area contributed by atoms with Crippen LogP contribution in [0.25, 0.3) is 123 Å². The minimum Gasteiger partial charge on any atom is -0.307 e. The Hall–Kier alpha value is -9.19. The first kappa shape index (κ1) is 39.2. The van der Waals surface area contributed by atoms with Gasteiger partial charge in [-0.3, -0.25) is 4.57 Å². The summed E-state index contributed by atoms with van der Waals surface area (Å²) < 4.78 is 4.68. The van der Waals surface area contributed by atoms with E-state index in [0.29, 0.717) is 17.6 Å². The first-order valence-electron chi connectivity index (χ1n) is 23.0. The van der Waals surface area contributed by atoms with Crippen LogP contribution in [0.1, 0.15) is 0 Å². The van der Waals surface area contributed by atoms with Gasteiger partial charge in [-0.25, -0.2) is 4.98 Å². The van der Waals surface area contributed by atoms with E-state index in [0.717, 1.165) is 77.3 Å². The molecule has 5 nitrogen and oxygen atoms in total. The van der Waals surface area contributed by atoms with Crippen LogP contribution in [0.15, 0.2) is 249 Å². The molecule has 0 unspecified atom stereocenters. The van der Waals surface area contributed by atoms with Gasteiger partial charge in [-0.15, -0.1) is 0 Å². The Morgan fingerprint density at radius 1 is 0.235 bits per heavy atom. The van der Waals surface area contributed by atoms with Crippen LogP contribution >= 0.6 is 0 Å². The molecule has 0 aliphatic heterocycles. The molecule has 0 aliphatic rings. The molecule has 0 saturated carbocycles. The number of para-hydroxylation sites is 2. The van der Waals surface area contributed by atoms with Gasteiger partial charge in [0.25, 0.3) is 0 Å². The molecule has 0 spiro atoms. The molecule has 0 fully saturated rings. The van der Waals surface area contributed by atoms with Crippen molar-refractivity contribution in [3.63, 3.8) is 0 Å². The fraction of sp³-hybridized carbons (Fsp3) is 0. The van der Waals surface area contributed by atoms with Gasteiger partial charge in [-0.1, -0.05) is 206 Å². The van der Waals surface area contributed by atoms with Gasteiger partial charge < -0.3 is 4.57 Å². The van der Waals surface area contributed by atoms with Crippen molar-refractivity contribution in [1.29, 1.82) is 0 Å². The molecule has 0 aliphatic carbocycles. The zero-order chi connectivity index (χ0) is 45.0. The second-order valence-electron chi connectivity index (χ2n) is 17.2. The number of hydrogen-bond acceptors (Lipinski definition) is 3. The molecular weight excluding hydrogens is 827 g/mol. The number of fused-ring (bicyclic) bond motifs is 7. The number of hydrogen-bond donors (Lipinski definition) is 0. The Morgan fingerprint density at radius 2 is 0.603 bits per heavy atom. The predicted octanol–water partition coefficient (Wildman–Crippen LogP) is 16.1. The topological polar surface area (TPSA) is 48.5 Å². The summed E-state index contributed by atoms with van der Waals surface area (Å²) in [6, 6.07) is 88.2. The molecule has 3 aromatic heterocycles. The Bertz CT molecular complexity index is 4020. The Morgan fingerprint density at radius 3 is 1.15 bits per heavy atom. The fourth-order valence-electron chi connectivity index (χ4n) is 9.97. The van der Waals surface area contributed by atoms with Crippen molar-refractivity contribution >= 4 is 43.6 Å². The number of rotatable bonds is 8. The summed E-state index contributed by atoms with van der Waals surface area (Å²) >= 11 is 0. The number of benzene rings is 10. The van der Waals surface area contributed by atoms with Gasteiger partial charge in [0.05, 0.1) is 22.1 Å². The van der Waals surface area contributed by atoms with Crippen LogP contribution in [0.4, 0.5) is 0 Å². The lowest BCUT2D eigenvalue weighted by atomic mass is 9.95. The highest BCUT2D eigenvalue weighted by Gasteiger charge is 2.24. The summed E-state index contributed by atoms with van der Waals surface area (Å²) in [4.78, 5) is 16.1. The molecule has 0 radical (unpaired) electrons. The van der Waals surface area contributed by atoms with Crippen molar-refractivity contribution in [2.24, 2.45) is 0 Å². The first-order chi connectivity index (χ1) is 33.7. The zero-order valence-corrected chi connectivity index (χ0v) is 36.9. The molecule has 0 bridgehead atoms.